The number of non-ortho nitro benzene ring substituents is 1. The van der Waals surface area contributed by atoms with Gasteiger partial charge in [-0.3, -0.25) is 10.1 Å². The number of sulfone groups is 1. The van der Waals surface area contributed by atoms with E-state index in [9.17, 15) is 18.5 Å². The average Bonchev–Trinajstić information content (AvgIpc) is 2.69. The van der Waals surface area contributed by atoms with E-state index in [-0.39, 0.29) is 16.7 Å². The third-order valence-corrected chi connectivity index (χ3v) is 5.56. The summed E-state index contributed by atoms with van der Waals surface area (Å²) in [4.78, 5) is 10.2. The van der Waals surface area contributed by atoms with Crippen LogP contribution in [0.2, 0.25) is 0 Å². The van der Waals surface area contributed by atoms with Gasteiger partial charge >= 0.3 is 0 Å². The van der Waals surface area contributed by atoms with Gasteiger partial charge in [0.1, 0.15) is 0 Å². The van der Waals surface area contributed by atoms with Crippen LogP contribution in [0.4, 0.5) is 5.69 Å². The Hall–Kier alpha value is -1.47. The third-order valence-electron chi connectivity index (χ3n) is 3.29. The van der Waals surface area contributed by atoms with Gasteiger partial charge in [0.25, 0.3) is 5.69 Å². The molecule has 0 saturated carbocycles. The van der Waals surface area contributed by atoms with Crippen molar-refractivity contribution in [1.29, 1.82) is 0 Å². The van der Waals surface area contributed by atoms with E-state index in [4.69, 9.17) is 0 Å². The van der Waals surface area contributed by atoms with E-state index in [1.165, 1.54) is 12.1 Å². The first-order valence-corrected chi connectivity index (χ1v) is 7.86. The van der Waals surface area contributed by atoms with Crippen molar-refractivity contribution in [3.8, 4) is 0 Å². The molecule has 1 unspecified atom stereocenters. The fraction of sp³-hybridized carbons (Fsp3) is 0.500. The summed E-state index contributed by atoms with van der Waals surface area (Å²) in [7, 11) is -2.93. The fourth-order valence-corrected chi connectivity index (χ4v) is 4.04. The van der Waals surface area contributed by atoms with E-state index >= 15 is 0 Å². The Bertz CT molecular complexity index is 571. The van der Waals surface area contributed by atoms with E-state index in [0.29, 0.717) is 19.5 Å². The summed E-state index contributed by atoms with van der Waals surface area (Å²) in [5, 5.41) is 13.4. The third kappa shape index (κ3) is 3.51. The lowest BCUT2D eigenvalue weighted by molar-refractivity contribution is -0.384. The largest absolute Gasteiger partial charge is 0.311 e. The minimum atomic E-state index is -2.93. The molecule has 1 atom stereocenters. The first-order valence-electron chi connectivity index (χ1n) is 6.14. The summed E-state index contributed by atoms with van der Waals surface area (Å²) in [5.74, 6) is 0.274. The molecule has 0 aromatic heterocycles. The highest BCUT2D eigenvalue weighted by Gasteiger charge is 2.30. The molecule has 1 aromatic carbocycles. The number of hydrogen-bond acceptors (Lipinski definition) is 5. The number of nitrogens with one attached hydrogen (secondary N) is 1. The Morgan fingerprint density at radius 2 is 2.21 bits per heavy atom. The Morgan fingerprint density at radius 1 is 1.42 bits per heavy atom. The van der Waals surface area contributed by atoms with Gasteiger partial charge in [0.05, 0.1) is 15.9 Å². The summed E-state index contributed by atoms with van der Waals surface area (Å²) in [6.07, 6.45) is 1.43. The highest BCUT2D eigenvalue weighted by atomic mass is 32.2. The lowest BCUT2D eigenvalue weighted by Gasteiger charge is -2.10. The van der Waals surface area contributed by atoms with Gasteiger partial charge < -0.3 is 5.32 Å². The highest BCUT2D eigenvalue weighted by Crippen LogP contribution is 2.19. The molecule has 1 saturated heterocycles. The van der Waals surface area contributed by atoms with Crippen LogP contribution in [-0.2, 0) is 16.4 Å². The molecule has 0 bridgehead atoms. The number of nitrogens with zero attached hydrogens (tertiary/aromatic N) is 1. The van der Waals surface area contributed by atoms with Crippen molar-refractivity contribution in [3.05, 3.63) is 39.9 Å². The SMILES string of the molecule is O=[N+]([O-])c1cccc(CNCC2CCCS2(=O)=O)c1. The highest BCUT2D eigenvalue weighted by molar-refractivity contribution is 7.92. The number of nitro benzene ring substituents is 1. The van der Waals surface area contributed by atoms with E-state index in [0.717, 1.165) is 12.0 Å². The van der Waals surface area contributed by atoms with E-state index in [1.54, 1.807) is 12.1 Å². The van der Waals surface area contributed by atoms with Crippen molar-refractivity contribution in [1.82, 2.24) is 5.32 Å². The number of benzene rings is 1. The predicted octanol–water partition coefficient (Wildman–Crippen LogP) is 1.26. The maximum absolute atomic E-state index is 11.6. The second-order valence-corrected chi connectivity index (χ2v) is 7.09. The fourth-order valence-electron chi connectivity index (χ4n) is 2.24. The molecule has 7 heteroatoms. The summed E-state index contributed by atoms with van der Waals surface area (Å²) in [6.45, 7) is 0.846. The quantitative estimate of drug-likeness (QED) is 0.649. The van der Waals surface area contributed by atoms with Crippen LogP contribution in [0.1, 0.15) is 18.4 Å². The number of nitro groups is 1. The molecule has 0 aliphatic carbocycles. The first-order chi connectivity index (χ1) is 8.99. The van der Waals surface area contributed by atoms with E-state index in [2.05, 4.69) is 5.32 Å². The smallest absolute Gasteiger partial charge is 0.269 e. The van der Waals surface area contributed by atoms with Crippen molar-refractivity contribution < 1.29 is 13.3 Å². The Balaban J connectivity index is 1.89. The Morgan fingerprint density at radius 3 is 2.84 bits per heavy atom. The second-order valence-electron chi connectivity index (χ2n) is 4.69. The molecule has 0 spiro atoms. The zero-order valence-electron chi connectivity index (χ0n) is 10.4. The van der Waals surface area contributed by atoms with Crippen LogP contribution >= 0.6 is 0 Å². The van der Waals surface area contributed by atoms with Crippen LogP contribution in [0.3, 0.4) is 0 Å². The van der Waals surface area contributed by atoms with Gasteiger partial charge in [0.2, 0.25) is 0 Å². The van der Waals surface area contributed by atoms with Crippen molar-refractivity contribution >= 4 is 15.5 Å². The maximum atomic E-state index is 11.6. The van der Waals surface area contributed by atoms with Crippen LogP contribution in [-0.4, -0.2) is 30.9 Å². The summed E-state index contributed by atoms with van der Waals surface area (Å²) in [6, 6.07) is 6.34. The lowest BCUT2D eigenvalue weighted by atomic mass is 10.2. The topological polar surface area (TPSA) is 89.3 Å². The van der Waals surface area contributed by atoms with Gasteiger partial charge in [-0.25, -0.2) is 8.42 Å². The van der Waals surface area contributed by atoms with Gasteiger partial charge in [0, 0.05) is 25.2 Å². The van der Waals surface area contributed by atoms with Gasteiger partial charge in [-0.05, 0) is 18.4 Å². The first kappa shape index (κ1) is 14.0. The Kier molecular flexibility index (Phi) is 4.16. The lowest BCUT2D eigenvalue weighted by Crippen LogP contribution is -2.30. The van der Waals surface area contributed by atoms with Crippen molar-refractivity contribution in [2.45, 2.75) is 24.6 Å². The van der Waals surface area contributed by atoms with Crippen molar-refractivity contribution in [3.63, 3.8) is 0 Å². The maximum Gasteiger partial charge on any atom is 0.269 e. The molecule has 1 N–H and O–H groups in total. The zero-order chi connectivity index (χ0) is 13.9. The average molecular weight is 284 g/mol. The predicted molar refractivity (Wildman–Crippen MR) is 71.6 cm³/mol. The molecule has 19 heavy (non-hydrogen) atoms. The van der Waals surface area contributed by atoms with Crippen molar-refractivity contribution in [2.75, 3.05) is 12.3 Å². The molecule has 6 nitrogen and oxygen atoms in total. The van der Waals surface area contributed by atoms with Gasteiger partial charge in [-0.15, -0.1) is 0 Å². The molecular weight excluding hydrogens is 268 g/mol. The summed E-state index contributed by atoms with van der Waals surface area (Å²) in [5.41, 5.74) is 0.831. The molecule has 1 fully saturated rings. The van der Waals surface area contributed by atoms with Gasteiger partial charge in [0.15, 0.2) is 9.84 Å². The van der Waals surface area contributed by atoms with Crippen molar-refractivity contribution in [2.24, 2.45) is 0 Å². The van der Waals surface area contributed by atoms with Crippen LogP contribution in [0.25, 0.3) is 0 Å². The molecule has 104 valence electrons. The zero-order valence-corrected chi connectivity index (χ0v) is 11.2. The molecule has 1 aliphatic heterocycles. The standard InChI is InChI=1S/C12H16N2O4S/c15-14(16)11-4-1-3-10(7-11)8-13-9-12-5-2-6-19(12,17)18/h1,3-4,7,12-13H,2,5-6,8-9H2. The molecule has 0 amide bonds. The molecule has 0 radical (unpaired) electrons. The molecule has 1 heterocycles. The number of rotatable bonds is 5. The summed E-state index contributed by atoms with van der Waals surface area (Å²) < 4.78 is 23.2. The summed E-state index contributed by atoms with van der Waals surface area (Å²) >= 11 is 0. The van der Waals surface area contributed by atoms with E-state index < -0.39 is 14.8 Å². The minimum absolute atomic E-state index is 0.0489. The van der Waals surface area contributed by atoms with Crippen LogP contribution in [0.15, 0.2) is 24.3 Å². The van der Waals surface area contributed by atoms with Crippen LogP contribution in [0.5, 0.6) is 0 Å². The monoisotopic (exact) mass is 284 g/mol. The van der Waals surface area contributed by atoms with Crippen LogP contribution in [0, 0.1) is 10.1 Å². The second kappa shape index (κ2) is 5.66. The molecule has 1 aliphatic rings. The molecular formula is C12H16N2O4S. The Labute approximate surface area is 111 Å². The van der Waals surface area contributed by atoms with Gasteiger partial charge in [-0.1, -0.05) is 12.1 Å². The van der Waals surface area contributed by atoms with Gasteiger partial charge in [-0.2, -0.15) is 0 Å². The number of hydrogen-bond donors (Lipinski definition) is 1. The van der Waals surface area contributed by atoms with E-state index in [1.807, 2.05) is 0 Å². The van der Waals surface area contributed by atoms with Crippen LogP contribution < -0.4 is 5.32 Å². The molecule has 2 rings (SSSR count). The normalized spacial score (nSPS) is 21.4. The minimum Gasteiger partial charge on any atom is -0.311 e. The molecule has 1 aromatic rings.